The zero-order valence-electron chi connectivity index (χ0n) is 21.1. The highest BCUT2D eigenvalue weighted by Gasteiger charge is 2.42. The van der Waals surface area contributed by atoms with Crippen LogP contribution in [-0.4, -0.2) is 54.2 Å². The van der Waals surface area contributed by atoms with Crippen LogP contribution in [0.4, 0.5) is 18.9 Å². The van der Waals surface area contributed by atoms with Gasteiger partial charge in [0.05, 0.1) is 29.7 Å². The van der Waals surface area contributed by atoms with Crippen molar-refractivity contribution < 1.29 is 13.2 Å². The van der Waals surface area contributed by atoms with E-state index in [9.17, 15) is 18.0 Å². The number of aryl methyl sites for hydroxylation is 2. The van der Waals surface area contributed by atoms with Crippen LogP contribution in [0.25, 0.3) is 11.0 Å². The zero-order valence-corrected chi connectivity index (χ0v) is 21.1. The van der Waals surface area contributed by atoms with E-state index in [1.807, 2.05) is 13.8 Å². The highest BCUT2D eigenvalue weighted by molar-refractivity contribution is 5.88. The van der Waals surface area contributed by atoms with Crippen molar-refractivity contribution in [2.24, 2.45) is 14.1 Å². The Balaban J connectivity index is 1.74. The van der Waals surface area contributed by atoms with Crippen molar-refractivity contribution in [1.82, 2.24) is 29.0 Å². The number of fused-ring (bicyclic) bond motifs is 1. The Labute approximate surface area is 207 Å². The standard InChI is InChI=1S/C24H31F3N8O/c1-6-16-13-35(19-10-21(36)31(4)20-14-33(9-8-28)30-22(19)20)17(7-2)12-34(16)15(3)18-11-29-32(5)23(18)24(25,26)27/h10-11,14-17H,6-7,9,12-13H2,1-5H3/t15?,16-,17+/m1/s1. The summed E-state index contributed by atoms with van der Waals surface area (Å²) in [4.78, 5) is 17.1. The second kappa shape index (κ2) is 9.61. The lowest BCUT2D eigenvalue weighted by atomic mass is 9.96. The highest BCUT2D eigenvalue weighted by Crippen LogP contribution is 2.39. The molecule has 194 valence electrons. The van der Waals surface area contributed by atoms with Crippen LogP contribution in [0.1, 0.15) is 50.9 Å². The summed E-state index contributed by atoms with van der Waals surface area (Å²) < 4.78 is 45.3. The largest absolute Gasteiger partial charge is 0.433 e. The highest BCUT2D eigenvalue weighted by atomic mass is 19.4. The summed E-state index contributed by atoms with van der Waals surface area (Å²) in [6.07, 6.45) is -0.0361. The predicted molar refractivity (Wildman–Crippen MR) is 129 cm³/mol. The van der Waals surface area contributed by atoms with Crippen molar-refractivity contribution in [3.05, 3.63) is 40.1 Å². The molecule has 0 aromatic carbocycles. The number of nitriles is 1. The fourth-order valence-corrected chi connectivity index (χ4v) is 5.35. The summed E-state index contributed by atoms with van der Waals surface area (Å²) in [6.45, 7) is 6.98. The summed E-state index contributed by atoms with van der Waals surface area (Å²) in [5.41, 5.74) is 1.22. The Bertz CT molecular complexity index is 1350. The van der Waals surface area contributed by atoms with Gasteiger partial charge in [0.25, 0.3) is 5.56 Å². The van der Waals surface area contributed by atoms with Gasteiger partial charge in [0, 0.05) is 56.9 Å². The van der Waals surface area contributed by atoms with E-state index in [1.54, 1.807) is 26.2 Å². The van der Waals surface area contributed by atoms with Gasteiger partial charge in [-0.2, -0.15) is 28.6 Å². The summed E-state index contributed by atoms with van der Waals surface area (Å²) in [5.74, 6) is 0. The number of halogens is 3. The van der Waals surface area contributed by atoms with Gasteiger partial charge >= 0.3 is 6.18 Å². The average Bonchev–Trinajstić information content (AvgIpc) is 3.44. The molecule has 1 fully saturated rings. The van der Waals surface area contributed by atoms with E-state index in [4.69, 9.17) is 5.26 Å². The molecule has 1 unspecified atom stereocenters. The molecule has 4 rings (SSSR count). The van der Waals surface area contributed by atoms with Crippen molar-refractivity contribution in [2.45, 2.75) is 64.5 Å². The van der Waals surface area contributed by atoms with Gasteiger partial charge in [0.15, 0.2) is 0 Å². The maximum atomic E-state index is 13.8. The van der Waals surface area contributed by atoms with E-state index in [0.717, 1.165) is 17.5 Å². The molecule has 0 amide bonds. The van der Waals surface area contributed by atoms with Crippen LogP contribution in [0.3, 0.4) is 0 Å². The Hall–Kier alpha value is -3.33. The number of pyridine rings is 1. The molecule has 1 saturated heterocycles. The van der Waals surface area contributed by atoms with E-state index >= 15 is 0 Å². The Morgan fingerprint density at radius 1 is 1.19 bits per heavy atom. The molecule has 3 aromatic heterocycles. The molecular weight excluding hydrogens is 473 g/mol. The molecule has 12 heteroatoms. The lowest BCUT2D eigenvalue weighted by Crippen LogP contribution is -2.59. The molecule has 0 N–H and O–H groups in total. The van der Waals surface area contributed by atoms with Gasteiger partial charge < -0.3 is 9.47 Å². The van der Waals surface area contributed by atoms with Gasteiger partial charge in [-0.1, -0.05) is 13.8 Å². The number of piperazine rings is 1. The van der Waals surface area contributed by atoms with Gasteiger partial charge in [-0.05, 0) is 19.8 Å². The van der Waals surface area contributed by atoms with Gasteiger partial charge in [0.1, 0.15) is 17.8 Å². The molecular formula is C24H31F3N8O. The third kappa shape index (κ3) is 4.36. The number of alkyl halides is 3. The zero-order chi connectivity index (χ0) is 26.4. The number of hydrogen-bond acceptors (Lipinski definition) is 6. The summed E-state index contributed by atoms with van der Waals surface area (Å²) in [6, 6.07) is 3.06. The predicted octanol–water partition coefficient (Wildman–Crippen LogP) is 3.45. The normalized spacial score (nSPS) is 20.1. The quantitative estimate of drug-likeness (QED) is 0.511. The van der Waals surface area contributed by atoms with Crippen LogP contribution in [0.5, 0.6) is 0 Å². The summed E-state index contributed by atoms with van der Waals surface area (Å²) >= 11 is 0. The van der Waals surface area contributed by atoms with Crippen LogP contribution in [-0.2, 0) is 26.8 Å². The van der Waals surface area contributed by atoms with Crippen molar-refractivity contribution in [3.8, 4) is 6.07 Å². The van der Waals surface area contributed by atoms with Crippen LogP contribution in [0.15, 0.2) is 23.3 Å². The van der Waals surface area contributed by atoms with Crippen molar-refractivity contribution in [3.63, 3.8) is 0 Å². The minimum atomic E-state index is -4.50. The fourth-order valence-electron chi connectivity index (χ4n) is 5.35. The van der Waals surface area contributed by atoms with E-state index in [2.05, 4.69) is 26.1 Å². The van der Waals surface area contributed by atoms with E-state index < -0.39 is 17.9 Å². The van der Waals surface area contributed by atoms with Crippen LogP contribution < -0.4 is 10.5 Å². The topological polar surface area (TPSA) is 87.9 Å². The second-order valence-electron chi connectivity index (χ2n) is 9.36. The third-order valence-electron chi connectivity index (χ3n) is 7.34. The Morgan fingerprint density at radius 2 is 1.89 bits per heavy atom. The summed E-state index contributed by atoms with van der Waals surface area (Å²) in [7, 11) is 2.99. The maximum Gasteiger partial charge on any atom is 0.433 e. The molecule has 0 spiro atoms. The molecule has 36 heavy (non-hydrogen) atoms. The van der Waals surface area contributed by atoms with Crippen LogP contribution in [0, 0.1) is 11.3 Å². The number of rotatable bonds is 6. The van der Waals surface area contributed by atoms with E-state index in [0.29, 0.717) is 29.8 Å². The molecule has 0 saturated carbocycles. The first kappa shape index (κ1) is 25.8. The van der Waals surface area contributed by atoms with Crippen molar-refractivity contribution >= 4 is 16.7 Å². The molecule has 3 atom stereocenters. The molecule has 0 radical (unpaired) electrons. The minimum Gasteiger partial charge on any atom is -0.364 e. The first-order chi connectivity index (χ1) is 17.0. The minimum absolute atomic E-state index is 0.0438. The average molecular weight is 505 g/mol. The van der Waals surface area contributed by atoms with Crippen LogP contribution >= 0.6 is 0 Å². The fraction of sp³-hybridized carbons (Fsp3) is 0.583. The smallest absolute Gasteiger partial charge is 0.364 e. The first-order valence-corrected chi connectivity index (χ1v) is 12.1. The van der Waals surface area contributed by atoms with Gasteiger partial charge in [0.2, 0.25) is 0 Å². The van der Waals surface area contributed by atoms with E-state index in [1.165, 1.54) is 22.5 Å². The van der Waals surface area contributed by atoms with Crippen molar-refractivity contribution in [2.75, 3.05) is 18.0 Å². The lowest BCUT2D eigenvalue weighted by molar-refractivity contribution is -0.145. The first-order valence-electron chi connectivity index (χ1n) is 12.1. The molecule has 1 aliphatic heterocycles. The number of hydrogen-bond donors (Lipinski definition) is 0. The second-order valence-corrected chi connectivity index (χ2v) is 9.36. The molecule has 4 heterocycles. The van der Waals surface area contributed by atoms with Gasteiger partial charge in [-0.15, -0.1) is 0 Å². The number of aromatic nitrogens is 5. The monoisotopic (exact) mass is 504 g/mol. The Kier molecular flexibility index (Phi) is 6.88. The lowest BCUT2D eigenvalue weighted by Gasteiger charge is -2.49. The number of nitrogens with zero attached hydrogens (tertiary/aromatic N) is 8. The van der Waals surface area contributed by atoms with Crippen molar-refractivity contribution in [1.29, 1.82) is 5.26 Å². The number of anilines is 1. The molecule has 0 aliphatic carbocycles. The Morgan fingerprint density at radius 3 is 2.50 bits per heavy atom. The third-order valence-corrected chi connectivity index (χ3v) is 7.34. The SMILES string of the molecule is CC[C@H]1CN(C(C)c2cnn(C)c2C(F)(F)F)[C@H](CC)CN1c1cc(=O)n(C)c2cn(CC#N)nc12. The molecule has 0 bridgehead atoms. The van der Waals surface area contributed by atoms with Gasteiger partial charge in [-0.3, -0.25) is 19.1 Å². The van der Waals surface area contributed by atoms with E-state index in [-0.39, 0.29) is 29.8 Å². The molecule has 3 aromatic rings. The molecule has 9 nitrogen and oxygen atoms in total. The molecule has 1 aliphatic rings. The maximum absolute atomic E-state index is 13.8. The van der Waals surface area contributed by atoms with Gasteiger partial charge in [-0.25, -0.2) is 0 Å². The summed E-state index contributed by atoms with van der Waals surface area (Å²) in [5, 5.41) is 17.6. The van der Waals surface area contributed by atoms with Crippen LogP contribution in [0.2, 0.25) is 0 Å².